The summed E-state index contributed by atoms with van der Waals surface area (Å²) in [5.74, 6) is -0.155. The Labute approximate surface area is 48.1 Å². The van der Waals surface area contributed by atoms with Crippen molar-refractivity contribution in [2.75, 3.05) is 0 Å². The molecule has 1 atom stereocenters. The van der Waals surface area contributed by atoms with Crippen molar-refractivity contribution < 1.29 is 9.53 Å². The zero-order valence-electron chi connectivity index (χ0n) is 4.97. The lowest BCUT2D eigenvalue weighted by Gasteiger charge is -1.94. The van der Waals surface area contributed by atoms with Gasteiger partial charge in [-0.3, -0.25) is 4.79 Å². The Morgan fingerprint density at radius 1 is 1.75 bits per heavy atom. The maximum atomic E-state index is 10.5. The highest BCUT2D eigenvalue weighted by atomic mass is 16.5. The molecule has 0 bridgehead atoms. The van der Waals surface area contributed by atoms with E-state index in [1.54, 1.807) is 0 Å². The van der Waals surface area contributed by atoms with Gasteiger partial charge in [-0.05, 0) is 19.4 Å². The van der Waals surface area contributed by atoms with E-state index in [4.69, 9.17) is 0 Å². The molecule has 0 aliphatic carbocycles. The van der Waals surface area contributed by atoms with Crippen LogP contribution in [0.4, 0.5) is 0 Å². The van der Waals surface area contributed by atoms with Gasteiger partial charge >= 0.3 is 5.97 Å². The second kappa shape index (κ2) is 1.62. The van der Waals surface area contributed by atoms with Gasteiger partial charge in [-0.2, -0.15) is 0 Å². The largest absolute Gasteiger partial charge is 0.434 e. The smallest absolute Gasteiger partial charge is 0.317 e. The van der Waals surface area contributed by atoms with Gasteiger partial charge in [0.05, 0.1) is 12.2 Å². The maximum Gasteiger partial charge on any atom is 0.317 e. The third kappa shape index (κ3) is 0.619. The fourth-order valence-corrected chi connectivity index (χ4v) is 0.541. The first-order valence-corrected chi connectivity index (χ1v) is 2.59. The van der Waals surface area contributed by atoms with Crippen LogP contribution >= 0.6 is 0 Å². The fraction of sp³-hybridized carbons (Fsp3) is 0.500. The Bertz CT molecular complexity index is 147. The summed E-state index contributed by atoms with van der Waals surface area (Å²) in [4.78, 5) is 10.5. The van der Waals surface area contributed by atoms with Crippen molar-refractivity contribution >= 4 is 5.97 Å². The van der Waals surface area contributed by atoms with Gasteiger partial charge < -0.3 is 4.74 Å². The summed E-state index contributed by atoms with van der Waals surface area (Å²) >= 11 is 0. The topological polar surface area (TPSA) is 26.3 Å². The van der Waals surface area contributed by atoms with Crippen molar-refractivity contribution in [3.05, 3.63) is 11.8 Å². The van der Waals surface area contributed by atoms with E-state index in [1.807, 2.05) is 13.8 Å². The minimum atomic E-state index is -0.137. The molecule has 0 aromatic heterocycles. The van der Waals surface area contributed by atoms with Crippen molar-refractivity contribution in [1.82, 2.24) is 0 Å². The molecule has 44 valence electrons. The molecule has 0 saturated heterocycles. The van der Waals surface area contributed by atoms with Crippen LogP contribution in [0.5, 0.6) is 0 Å². The van der Waals surface area contributed by atoms with Crippen LogP contribution in [0, 0.1) is 5.92 Å². The Hall–Kier alpha value is -0.790. The van der Waals surface area contributed by atoms with Crippen molar-refractivity contribution in [1.29, 1.82) is 0 Å². The van der Waals surface area contributed by atoms with Crippen molar-refractivity contribution in [2.45, 2.75) is 13.8 Å². The summed E-state index contributed by atoms with van der Waals surface area (Å²) in [5.41, 5.74) is 1.01. The highest BCUT2D eigenvalue weighted by molar-refractivity contribution is 5.78. The van der Waals surface area contributed by atoms with Gasteiger partial charge in [-0.25, -0.2) is 0 Å². The maximum absolute atomic E-state index is 10.5. The highest BCUT2D eigenvalue weighted by Crippen LogP contribution is 2.17. The van der Waals surface area contributed by atoms with Gasteiger partial charge in [0.2, 0.25) is 0 Å². The minimum Gasteiger partial charge on any atom is -0.434 e. The standard InChI is InChI=1S/C6H8O2/c1-4-3-8-6(7)5(4)2/h3,5H,1-2H3. The number of cyclic esters (lactones) is 1. The summed E-state index contributed by atoms with van der Waals surface area (Å²) in [6.45, 7) is 3.72. The van der Waals surface area contributed by atoms with Crippen LogP contribution in [0.25, 0.3) is 0 Å². The lowest BCUT2D eigenvalue weighted by atomic mass is 10.1. The molecule has 2 nitrogen and oxygen atoms in total. The van der Waals surface area contributed by atoms with Crippen LogP contribution in [-0.2, 0) is 9.53 Å². The highest BCUT2D eigenvalue weighted by Gasteiger charge is 2.21. The van der Waals surface area contributed by atoms with Crippen LogP contribution in [0.15, 0.2) is 11.8 Å². The molecule has 0 amide bonds. The average Bonchev–Trinajstić information content (AvgIpc) is 1.98. The van der Waals surface area contributed by atoms with Crippen LogP contribution in [0.2, 0.25) is 0 Å². The molecule has 0 aromatic rings. The molecule has 0 spiro atoms. The first-order valence-electron chi connectivity index (χ1n) is 2.59. The molecule has 2 heteroatoms. The van der Waals surface area contributed by atoms with E-state index >= 15 is 0 Å². The van der Waals surface area contributed by atoms with Crippen LogP contribution in [0.1, 0.15) is 13.8 Å². The molecule has 1 aliphatic heterocycles. The molecule has 0 N–H and O–H groups in total. The van der Waals surface area contributed by atoms with Gasteiger partial charge in [-0.1, -0.05) is 0 Å². The molecular weight excluding hydrogens is 104 g/mol. The van der Waals surface area contributed by atoms with Crippen LogP contribution in [-0.4, -0.2) is 5.97 Å². The lowest BCUT2D eigenvalue weighted by molar-refractivity contribution is -0.138. The van der Waals surface area contributed by atoms with Gasteiger partial charge in [0.25, 0.3) is 0 Å². The summed E-state index contributed by atoms with van der Waals surface area (Å²) in [5, 5.41) is 0. The Morgan fingerprint density at radius 3 is 2.50 bits per heavy atom. The van der Waals surface area contributed by atoms with Crippen LogP contribution < -0.4 is 0 Å². The predicted octanol–water partition coefficient (Wildman–Crippen LogP) is 1.08. The molecule has 0 fully saturated rings. The fourth-order valence-electron chi connectivity index (χ4n) is 0.541. The predicted molar refractivity (Wildman–Crippen MR) is 29.0 cm³/mol. The Balaban J connectivity index is 2.72. The number of hydrogen-bond donors (Lipinski definition) is 0. The summed E-state index contributed by atoms with van der Waals surface area (Å²) < 4.78 is 4.58. The second-order valence-corrected chi connectivity index (χ2v) is 2.02. The van der Waals surface area contributed by atoms with E-state index < -0.39 is 0 Å². The Kier molecular flexibility index (Phi) is 1.08. The van der Waals surface area contributed by atoms with Crippen molar-refractivity contribution in [2.24, 2.45) is 5.92 Å². The molecule has 1 heterocycles. The summed E-state index contributed by atoms with van der Waals surface area (Å²) in [6.07, 6.45) is 1.51. The zero-order valence-corrected chi connectivity index (χ0v) is 4.97. The number of carbonyl (C=O) groups is 1. The summed E-state index contributed by atoms with van der Waals surface area (Å²) in [6, 6.07) is 0. The molecule has 1 rings (SSSR count). The average molecular weight is 112 g/mol. The van der Waals surface area contributed by atoms with E-state index in [1.165, 1.54) is 6.26 Å². The van der Waals surface area contributed by atoms with Gasteiger partial charge in [0.1, 0.15) is 0 Å². The van der Waals surface area contributed by atoms with E-state index in [0.717, 1.165) is 5.57 Å². The molecule has 1 unspecified atom stereocenters. The van der Waals surface area contributed by atoms with E-state index in [0.29, 0.717) is 0 Å². The molecule has 0 saturated carbocycles. The van der Waals surface area contributed by atoms with Crippen molar-refractivity contribution in [3.63, 3.8) is 0 Å². The number of rotatable bonds is 0. The SMILES string of the molecule is CC1=COC(=O)C1C. The van der Waals surface area contributed by atoms with E-state index in [-0.39, 0.29) is 11.9 Å². The van der Waals surface area contributed by atoms with Crippen LogP contribution in [0.3, 0.4) is 0 Å². The minimum absolute atomic E-state index is 0.0185. The van der Waals surface area contributed by atoms with Gasteiger partial charge in [-0.15, -0.1) is 0 Å². The third-order valence-corrected chi connectivity index (χ3v) is 1.40. The number of ether oxygens (including phenoxy) is 1. The third-order valence-electron chi connectivity index (χ3n) is 1.40. The molecular formula is C6H8O2. The molecule has 0 radical (unpaired) electrons. The first-order chi connectivity index (χ1) is 3.72. The van der Waals surface area contributed by atoms with E-state index in [2.05, 4.69) is 4.74 Å². The van der Waals surface area contributed by atoms with Gasteiger partial charge in [0, 0.05) is 0 Å². The van der Waals surface area contributed by atoms with Crippen molar-refractivity contribution in [3.8, 4) is 0 Å². The first kappa shape index (κ1) is 5.35. The number of hydrogen-bond acceptors (Lipinski definition) is 2. The molecule has 0 aromatic carbocycles. The quantitative estimate of drug-likeness (QED) is 0.438. The Morgan fingerprint density at radius 2 is 2.38 bits per heavy atom. The molecule has 8 heavy (non-hydrogen) atoms. The lowest BCUT2D eigenvalue weighted by Crippen LogP contribution is -2.04. The number of esters is 1. The molecule has 1 aliphatic rings. The second-order valence-electron chi connectivity index (χ2n) is 2.02. The monoisotopic (exact) mass is 112 g/mol. The summed E-state index contributed by atoms with van der Waals surface area (Å²) in [7, 11) is 0. The zero-order chi connectivity index (χ0) is 6.15. The van der Waals surface area contributed by atoms with E-state index in [9.17, 15) is 4.79 Å². The number of carbonyl (C=O) groups excluding carboxylic acids is 1. The van der Waals surface area contributed by atoms with Gasteiger partial charge in [0.15, 0.2) is 0 Å². The normalized spacial score (nSPS) is 27.5.